The average molecular weight is 597 g/mol. The number of fused-ring (bicyclic) bond motifs is 3. The van der Waals surface area contributed by atoms with Gasteiger partial charge in [0, 0.05) is 49.5 Å². The SMILES string of the molecule is CC(=O)Nc1nc2c(s1)-c1c(c(-c3ccccc3)nn1-c1cccc(CNC(=O)C3CCN(C(=O)C(C)C)CC3)c1)CC2. The number of aryl methyl sites for hydroxylation is 1. The van der Waals surface area contributed by atoms with Gasteiger partial charge in [0.1, 0.15) is 0 Å². The van der Waals surface area contributed by atoms with E-state index in [0.29, 0.717) is 37.6 Å². The van der Waals surface area contributed by atoms with Gasteiger partial charge >= 0.3 is 0 Å². The molecule has 2 aromatic heterocycles. The first kappa shape index (κ1) is 28.8. The van der Waals surface area contributed by atoms with Crippen LogP contribution in [0.25, 0.3) is 27.5 Å². The fraction of sp³-hybridized carbons (Fsp3) is 0.364. The van der Waals surface area contributed by atoms with Gasteiger partial charge in [-0.15, -0.1) is 0 Å². The lowest BCUT2D eigenvalue weighted by Crippen LogP contribution is -2.44. The fourth-order valence-corrected chi connectivity index (χ4v) is 7.06. The molecule has 2 aromatic carbocycles. The van der Waals surface area contributed by atoms with Crippen molar-refractivity contribution in [3.8, 4) is 27.5 Å². The first-order valence-corrected chi connectivity index (χ1v) is 15.7. The molecular weight excluding hydrogens is 560 g/mol. The average Bonchev–Trinajstić information content (AvgIpc) is 3.61. The Labute approximate surface area is 255 Å². The summed E-state index contributed by atoms with van der Waals surface area (Å²) >= 11 is 1.48. The normalized spacial score (nSPS) is 14.7. The molecule has 3 amide bonds. The topological polar surface area (TPSA) is 109 Å². The molecule has 0 bridgehead atoms. The number of nitrogens with one attached hydrogen (secondary N) is 2. The van der Waals surface area contributed by atoms with Crippen LogP contribution in [0.3, 0.4) is 0 Å². The highest BCUT2D eigenvalue weighted by Gasteiger charge is 2.31. The van der Waals surface area contributed by atoms with Crippen molar-refractivity contribution in [1.29, 1.82) is 0 Å². The molecule has 3 heterocycles. The van der Waals surface area contributed by atoms with Crippen molar-refractivity contribution < 1.29 is 14.4 Å². The van der Waals surface area contributed by atoms with Crippen molar-refractivity contribution in [2.75, 3.05) is 18.4 Å². The highest BCUT2D eigenvalue weighted by Crippen LogP contribution is 2.44. The number of carbonyl (C=O) groups excluding carboxylic acids is 3. The van der Waals surface area contributed by atoms with Crippen molar-refractivity contribution in [2.24, 2.45) is 11.8 Å². The Morgan fingerprint density at radius 1 is 1.02 bits per heavy atom. The monoisotopic (exact) mass is 596 g/mol. The number of piperidine rings is 1. The molecule has 1 aliphatic carbocycles. The number of aromatic nitrogens is 3. The number of hydrogen-bond donors (Lipinski definition) is 2. The molecule has 43 heavy (non-hydrogen) atoms. The van der Waals surface area contributed by atoms with Crippen LogP contribution in [0.1, 0.15) is 50.4 Å². The molecule has 0 spiro atoms. The molecule has 1 aliphatic heterocycles. The summed E-state index contributed by atoms with van der Waals surface area (Å²) in [5.74, 6) is -0.0696. The van der Waals surface area contributed by atoms with E-state index < -0.39 is 0 Å². The second kappa shape index (κ2) is 12.1. The van der Waals surface area contributed by atoms with Gasteiger partial charge in [0.05, 0.1) is 27.6 Å². The lowest BCUT2D eigenvalue weighted by molar-refractivity contribution is -0.138. The van der Waals surface area contributed by atoms with Crippen LogP contribution in [-0.4, -0.2) is 50.5 Å². The van der Waals surface area contributed by atoms with Gasteiger partial charge in [-0.05, 0) is 43.4 Å². The predicted octanol–water partition coefficient (Wildman–Crippen LogP) is 5.23. The molecule has 0 atom stereocenters. The van der Waals surface area contributed by atoms with Crippen molar-refractivity contribution in [1.82, 2.24) is 25.0 Å². The number of hydrogen-bond acceptors (Lipinski definition) is 6. The van der Waals surface area contributed by atoms with Crippen LogP contribution in [0.4, 0.5) is 5.13 Å². The Morgan fingerprint density at radius 3 is 2.51 bits per heavy atom. The van der Waals surface area contributed by atoms with E-state index >= 15 is 0 Å². The molecule has 9 nitrogen and oxygen atoms in total. The third-order valence-corrected chi connectivity index (χ3v) is 9.15. The first-order valence-electron chi connectivity index (χ1n) is 14.9. The Kier molecular flexibility index (Phi) is 8.12. The van der Waals surface area contributed by atoms with Gasteiger partial charge < -0.3 is 15.5 Å². The van der Waals surface area contributed by atoms with Crippen molar-refractivity contribution in [3.63, 3.8) is 0 Å². The molecule has 222 valence electrons. The molecule has 0 radical (unpaired) electrons. The highest BCUT2D eigenvalue weighted by atomic mass is 32.1. The van der Waals surface area contributed by atoms with E-state index in [4.69, 9.17) is 10.1 Å². The number of likely N-dealkylation sites (tertiary alicyclic amines) is 1. The van der Waals surface area contributed by atoms with E-state index in [-0.39, 0.29) is 29.6 Å². The molecule has 2 aliphatic rings. The van der Waals surface area contributed by atoms with Crippen LogP contribution in [-0.2, 0) is 33.8 Å². The summed E-state index contributed by atoms with van der Waals surface area (Å²) in [6.45, 7) is 6.98. The lowest BCUT2D eigenvalue weighted by atomic mass is 9.95. The van der Waals surface area contributed by atoms with Crippen molar-refractivity contribution in [3.05, 3.63) is 71.4 Å². The zero-order valence-electron chi connectivity index (χ0n) is 24.7. The van der Waals surface area contributed by atoms with Gasteiger partial charge in [-0.2, -0.15) is 5.10 Å². The molecule has 4 aromatic rings. The fourth-order valence-electron chi connectivity index (χ4n) is 5.95. The van der Waals surface area contributed by atoms with Gasteiger partial charge in [-0.25, -0.2) is 9.67 Å². The molecule has 0 unspecified atom stereocenters. The summed E-state index contributed by atoms with van der Waals surface area (Å²) in [6.07, 6.45) is 2.95. The number of carbonyl (C=O) groups is 3. The Bertz CT molecular complexity index is 1670. The summed E-state index contributed by atoms with van der Waals surface area (Å²) in [7, 11) is 0. The van der Waals surface area contributed by atoms with Crippen LogP contribution in [0, 0.1) is 11.8 Å². The molecular formula is C33H36N6O3S. The summed E-state index contributed by atoms with van der Waals surface area (Å²) in [4.78, 5) is 44.7. The third kappa shape index (κ3) is 5.97. The van der Waals surface area contributed by atoms with Gasteiger partial charge in [0.2, 0.25) is 17.7 Å². The van der Waals surface area contributed by atoms with E-state index in [0.717, 1.165) is 57.2 Å². The number of rotatable bonds is 7. The van der Waals surface area contributed by atoms with Crippen molar-refractivity contribution in [2.45, 2.75) is 53.0 Å². The van der Waals surface area contributed by atoms with Crippen LogP contribution in [0.2, 0.25) is 0 Å². The smallest absolute Gasteiger partial charge is 0.225 e. The Morgan fingerprint density at radius 2 is 1.79 bits per heavy atom. The molecule has 10 heteroatoms. The summed E-state index contributed by atoms with van der Waals surface area (Å²) in [6, 6.07) is 18.3. The standard InChI is InChI=1S/C33H36N6O3S/c1-20(2)32(42)38-16-14-24(15-17-38)31(41)34-19-22-8-7-11-25(18-22)39-29-26(28(37-39)23-9-5-4-6-10-23)12-13-27-30(29)43-33(36-27)35-21(3)40/h4-11,18,20,24H,12-17,19H2,1-3H3,(H,34,41)(H,35,36,40). The van der Waals surface area contributed by atoms with Gasteiger partial charge in [0.15, 0.2) is 5.13 Å². The quantitative estimate of drug-likeness (QED) is 0.304. The summed E-state index contributed by atoms with van der Waals surface area (Å²) in [5, 5.41) is 11.7. The van der Waals surface area contributed by atoms with E-state index in [1.807, 2.05) is 59.8 Å². The maximum Gasteiger partial charge on any atom is 0.225 e. The minimum atomic E-state index is -0.144. The van der Waals surface area contributed by atoms with E-state index in [9.17, 15) is 14.4 Å². The van der Waals surface area contributed by atoms with Crippen LogP contribution in [0.5, 0.6) is 0 Å². The molecule has 0 saturated carbocycles. The minimum Gasteiger partial charge on any atom is -0.352 e. The Balaban J connectivity index is 1.25. The van der Waals surface area contributed by atoms with Crippen molar-refractivity contribution >= 4 is 34.2 Å². The van der Waals surface area contributed by atoms with Crippen LogP contribution in [0.15, 0.2) is 54.6 Å². The molecule has 1 fully saturated rings. The molecule has 1 saturated heterocycles. The number of anilines is 1. The zero-order valence-corrected chi connectivity index (χ0v) is 25.5. The number of nitrogens with zero attached hydrogens (tertiary/aromatic N) is 4. The highest BCUT2D eigenvalue weighted by molar-refractivity contribution is 7.19. The maximum atomic E-state index is 13.0. The maximum absolute atomic E-state index is 13.0. The number of thiazole rings is 1. The predicted molar refractivity (Wildman–Crippen MR) is 168 cm³/mol. The van der Waals surface area contributed by atoms with Crippen LogP contribution >= 0.6 is 11.3 Å². The largest absolute Gasteiger partial charge is 0.352 e. The van der Waals surface area contributed by atoms with Gasteiger partial charge in [0.25, 0.3) is 0 Å². The van der Waals surface area contributed by atoms with E-state index in [1.54, 1.807) is 0 Å². The zero-order chi connectivity index (χ0) is 30.1. The lowest BCUT2D eigenvalue weighted by Gasteiger charge is -2.32. The summed E-state index contributed by atoms with van der Waals surface area (Å²) < 4.78 is 1.98. The Hall–Kier alpha value is -4.31. The number of amides is 3. The van der Waals surface area contributed by atoms with E-state index in [1.165, 1.54) is 18.3 Å². The summed E-state index contributed by atoms with van der Waals surface area (Å²) in [5.41, 5.74) is 6.99. The third-order valence-electron chi connectivity index (χ3n) is 8.13. The van der Waals surface area contributed by atoms with Gasteiger partial charge in [-0.3, -0.25) is 14.4 Å². The first-order chi connectivity index (χ1) is 20.8. The second-order valence-electron chi connectivity index (χ2n) is 11.6. The number of benzene rings is 2. The van der Waals surface area contributed by atoms with E-state index in [2.05, 4.69) is 28.8 Å². The van der Waals surface area contributed by atoms with Crippen LogP contribution < -0.4 is 10.6 Å². The molecule has 2 N–H and O–H groups in total. The van der Waals surface area contributed by atoms with Gasteiger partial charge in [-0.1, -0.05) is 67.6 Å². The molecule has 6 rings (SSSR count). The minimum absolute atomic E-state index is 0.0243. The second-order valence-corrected chi connectivity index (χ2v) is 12.6.